The number of hydrogen-bond donors (Lipinski definition) is 2. The molecule has 0 bridgehead atoms. The zero-order chi connectivity index (χ0) is 22.0. The highest BCUT2D eigenvalue weighted by atomic mass is 35.5. The van der Waals surface area contributed by atoms with Crippen LogP contribution in [-0.2, 0) is 10.0 Å². The predicted molar refractivity (Wildman–Crippen MR) is 123 cm³/mol. The van der Waals surface area contributed by atoms with Crippen LogP contribution < -0.4 is 14.8 Å². The smallest absolute Gasteiger partial charge is 0.264 e. The van der Waals surface area contributed by atoms with Crippen molar-refractivity contribution in [3.05, 3.63) is 76.8 Å². The van der Waals surface area contributed by atoms with Gasteiger partial charge in [-0.25, -0.2) is 18.4 Å². The van der Waals surface area contributed by atoms with Crippen LogP contribution in [0.4, 0.5) is 17.3 Å². The zero-order valence-electron chi connectivity index (χ0n) is 16.1. The van der Waals surface area contributed by atoms with Crippen molar-refractivity contribution >= 4 is 61.6 Å². The number of benzene rings is 3. The van der Waals surface area contributed by atoms with E-state index in [9.17, 15) is 8.42 Å². The summed E-state index contributed by atoms with van der Waals surface area (Å²) in [6.45, 7) is 0. The lowest BCUT2D eigenvalue weighted by Crippen LogP contribution is -2.16. The van der Waals surface area contributed by atoms with E-state index >= 15 is 0 Å². The maximum atomic E-state index is 13.0. The lowest BCUT2D eigenvalue weighted by Gasteiger charge is -2.15. The molecule has 0 fully saturated rings. The minimum atomic E-state index is -4.10. The van der Waals surface area contributed by atoms with Crippen LogP contribution in [0, 0.1) is 0 Å². The van der Waals surface area contributed by atoms with Crippen LogP contribution in [0.2, 0.25) is 10.0 Å². The molecule has 0 atom stereocenters. The largest absolute Gasteiger partial charge is 0.497 e. The molecule has 4 rings (SSSR count). The van der Waals surface area contributed by atoms with Crippen LogP contribution in [0.25, 0.3) is 11.0 Å². The fourth-order valence-corrected chi connectivity index (χ4v) is 4.63. The van der Waals surface area contributed by atoms with Crippen molar-refractivity contribution in [3.8, 4) is 5.75 Å². The molecule has 0 aliphatic rings. The quantitative estimate of drug-likeness (QED) is 0.383. The van der Waals surface area contributed by atoms with Gasteiger partial charge >= 0.3 is 0 Å². The van der Waals surface area contributed by atoms with E-state index in [1.165, 1.54) is 18.2 Å². The van der Waals surface area contributed by atoms with Gasteiger partial charge in [0.1, 0.15) is 10.6 Å². The van der Waals surface area contributed by atoms with Crippen LogP contribution in [-0.4, -0.2) is 25.5 Å². The molecule has 158 valence electrons. The Morgan fingerprint density at radius 2 is 1.58 bits per heavy atom. The monoisotopic (exact) mass is 474 g/mol. The second-order valence-electron chi connectivity index (χ2n) is 6.45. The van der Waals surface area contributed by atoms with Gasteiger partial charge in [0.15, 0.2) is 11.6 Å². The number of hydrogen-bond acceptors (Lipinski definition) is 6. The van der Waals surface area contributed by atoms with Gasteiger partial charge in [-0.1, -0.05) is 41.4 Å². The second-order valence-corrected chi connectivity index (χ2v) is 8.94. The molecule has 31 heavy (non-hydrogen) atoms. The highest BCUT2D eigenvalue weighted by molar-refractivity contribution is 7.92. The molecule has 0 aliphatic carbocycles. The molecule has 0 amide bonds. The maximum absolute atomic E-state index is 13.0. The van der Waals surface area contributed by atoms with E-state index < -0.39 is 10.0 Å². The van der Waals surface area contributed by atoms with Crippen LogP contribution in [0.3, 0.4) is 0 Å². The van der Waals surface area contributed by atoms with Gasteiger partial charge in [-0.3, -0.25) is 4.72 Å². The summed E-state index contributed by atoms with van der Waals surface area (Å²) in [5.41, 5.74) is 1.76. The third-order valence-electron chi connectivity index (χ3n) is 4.32. The number of para-hydroxylation sites is 2. The van der Waals surface area contributed by atoms with Crippen LogP contribution >= 0.6 is 23.2 Å². The first-order chi connectivity index (χ1) is 14.9. The SMILES string of the molecule is COc1cccc(Nc2nc3ccccc3nc2NS(=O)(=O)c2cc(Cl)ccc2Cl)c1. The average molecular weight is 475 g/mol. The zero-order valence-corrected chi connectivity index (χ0v) is 18.5. The van der Waals surface area contributed by atoms with Crippen molar-refractivity contribution in [2.45, 2.75) is 4.90 Å². The summed E-state index contributed by atoms with van der Waals surface area (Å²) in [5.74, 6) is 0.859. The Balaban J connectivity index is 1.80. The fraction of sp³-hybridized carbons (Fsp3) is 0.0476. The minimum absolute atomic E-state index is 0.0116. The van der Waals surface area contributed by atoms with Crippen molar-refractivity contribution in [1.29, 1.82) is 0 Å². The van der Waals surface area contributed by atoms with E-state index in [0.717, 1.165) is 0 Å². The molecule has 0 spiro atoms. The number of nitrogens with zero attached hydrogens (tertiary/aromatic N) is 2. The fourth-order valence-electron chi connectivity index (χ4n) is 2.86. The summed E-state index contributed by atoms with van der Waals surface area (Å²) in [5, 5.41) is 3.37. The molecule has 2 N–H and O–H groups in total. The minimum Gasteiger partial charge on any atom is -0.497 e. The third-order valence-corrected chi connectivity index (χ3v) is 6.37. The van der Waals surface area contributed by atoms with Crippen LogP contribution in [0.15, 0.2) is 71.6 Å². The molecule has 7 nitrogen and oxygen atoms in total. The van der Waals surface area contributed by atoms with E-state index in [1.54, 1.807) is 49.6 Å². The molecule has 0 unspecified atom stereocenters. The highest BCUT2D eigenvalue weighted by Crippen LogP contribution is 2.31. The van der Waals surface area contributed by atoms with Crippen molar-refractivity contribution in [1.82, 2.24) is 9.97 Å². The second kappa shape index (κ2) is 8.58. The Labute approximate surface area is 189 Å². The Morgan fingerprint density at radius 3 is 2.29 bits per heavy atom. The van der Waals surface area contributed by atoms with Crippen molar-refractivity contribution in [3.63, 3.8) is 0 Å². The summed E-state index contributed by atoms with van der Waals surface area (Å²) < 4.78 is 33.8. The Bertz CT molecular complexity index is 1380. The molecule has 0 aliphatic heterocycles. The van der Waals surface area contributed by atoms with Crippen LogP contribution in [0.1, 0.15) is 0 Å². The number of aromatic nitrogens is 2. The molecule has 0 saturated heterocycles. The van der Waals surface area contributed by atoms with Gasteiger partial charge in [-0.15, -0.1) is 0 Å². The number of anilines is 3. The molecule has 4 aromatic rings. The Hall–Kier alpha value is -3.07. The van der Waals surface area contributed by atoms with Gasteiger partial charge in [-0.05, 0) is 42.5 Å². The van der Waals surface area contributed by atoms with E-state index in [0.29, 0.717) is 22.5 Å². The molecule has 10 heteroatoms. The number of ether oxygens (including phenoxy) is 1. The lowest BCUT2D eigenvalue weighted by atomic mass is 10.3. The van der Waals surface area contributed by atoms with E-state index in [-0.39, 0.29) is 26.6 Å². The van der Waals surface area contributed by atoms with Gasteiger partial charge in [-0.2, -0.15) is 0 Å². The number of halogens is 2. The lowest BCUT2D eigenvalue weighted by molar-refractivity contribution is 0.415. The van der Waals surface area contributed by atoms with Crippen molar-refractivity contribution < 1.29 is 13.2 Å². The van der Waals surface area contributed by atoms with E-state index in [4.69, 9.17) is 27.9 Å². The number of fused-ring (bicyclic) bond motifs is 1. The molecule has 3 aromatic carbocycles. The molecular formula is C21H16Cl2N4O3S. The number of sulfonamides is 1. The van der Waals surface area contributed by atoms with Gasteiger partial charge in [0.25, 0.3) is 10.0 Å². The average Bonchev–Trinajstić information content (AvgIpc) is 2.75. The first kappa shape index (κ1) is 21.2. The molecular weight excluding hydrogens is 459 g/mol. The summed E-state index contributed by atoms with van der Waals surface area (Å²) in [4.78, 5) is 8.83. The standard InChI is InChI=1S/C21H16Cl2N4O3S/c1-30-15-6-4-5-14(12-15)24-20-21(26-18-8-3-2-7-17(18)25-20)27-31(28,29)19-11-13(22)9-10-16(19)23/h2-12H,1H3,(H,24,25)(H,26,27). The normalized spacial score (nSPS) is 11.3. The summed E-state index contributed by atoms with van der Waals surface area (Å²) in [6.07, 6.45) is 0. The van der Waals surface area contributed by atoms with E-state index in [2.05, 4.69) is 20.0 Å². The topological polar surface area (TPSA) is 93.2 Å². The van der Waals surface area contributed by atoms with Crippen molar-refractivity contribution in [2.24, 2.45) is 0 Å². The van der Waals surface area contributed by atoms with Crippen LogP contribution in [0.5, 0.6) is 5.75 Å². The first-order valence-corrected chi connectivity index (χ1v) is 11.3. The third kappa shape index (κ3) is 4.66. The number of nitrogens with one attached hydrogen (secondary N) is 2. The summed E-state index contributed by atoms with van der Waals surface area (Å²) >= 11 is 12.1. The van der Waals surface area contributed by atoms with Gasteiger partial charge < -0.3 is 10.1 Å². The van der Waals surface area contributed by atoms with Gasteiger partial charge in [0.05, 0.1) is 23.2 Å². The molecule has 1 aromatic heterocycles. The summed E-state index contributed by atoms with van der Waals surface area (Å²) in [7, 11) is -2.54. The van der Waals surface area contributed by atoms with Gasteiger partial charge in [0.2, 0.25) is 0 Å². The predicted octanol–water partition coefficient (Wildman–Crippen LogP) is 5.49. The van der Waals surface area contributed by atoms with Crippen molar-refractivity contribution in [2.75, 3.05) is 17.1 Å². The highest BCUT2D eigenvalue weighted by Gasteiger charge is 2.22. The maximum Gasteiger partial charge on any atom is 0.264 e. The van der Waals surface area contributed by atoms with Gasteiger partial charge in [0, 0.05) is 16.8 Å². The Morgan fingerprint density at radius 1 is 0.871 bits per heavy atom. The first-order valence-electron chi connectivity index (χ1n) is 9.01. The number of methoxy groups -OCH3 is 1. The van der Waals surface area contributed by atoms with E-state index in [1.807, 2.05) is 6.07 Å². The molecule has 0 saturated carbocycles. The molecule has 1 heterocycles. The number of rotatable bonds is 6. The summed E-state index contributed by atoms with van der Waals surface area (Å²) in [6, 6.07) is 18.5. The Kier molecular flexibility index (Phi) is 5.86. The molecule has 0 radical (unpaired) electrons.